The number of rotatable bonds is 5. The molecule has 0 unspecified atom stereocenters. The second kappa shape index (κ2) is 7.60. The standard InChI is InChI=1S/C20H14ClF2N5O2/c21-13-7-16-10(5-15(13)23)6-18(19(24)27-16)30-9-11-4-12(20(25)29)14(22)8-17(11)28-3-1-2-26-28/h1-8H,9H2,(H2,24,27)(H2,25,29). The largest absolute Gasteiger partial charge is 0.485 e. The topological polar surface area (TPSA) is 109 Å². The first-order valence-electron chi connectivity index (χ1n) is 8.64. The van der Waals surface area contributed by atoms with Gasteiger partial charge in [-0.25, -0.2) is 18.4 Å². The zero-order chi connectivity index (χ0) is 21.4. The summed E-state index contributed by atoms with van der Waals surface area (Å²) in [7, 11) is 0. The van der Waals surface area contributed by atoms with Crippen LogP contribution in [0.4, 0.5) is 14.6 Å². The fourth-order valence-corrected chi connectivity index (χ4v) is 3.13. The minimum Gasteiger partial charge on any atom is -0.485 e. The highest BCUT2D eigenvalue weighted by molar-refractivity contribution is 6.31. The van der Waals surface area contributed by atoms with E-state index in [-0.39, 0.29) is 28.8 Å². The molecule has 0 aliphatic rings. The molecule has 0 bridgehead atoms. The lowest BCUT2D eigenvalue weighted by molar-refractivity contribution is 0.0996. The Kier molecular flexibility index (Phi) is 4.96. The van der Waals surface area contributed by atoms with Crippen LogP contribution in [0.5, 0.6) is 5.75 Å². The number of carbonyl (C=O) groups is 1. The van der Waals surface area contributed by atoms with E-state index in [9.17, 15) is 13.6 Å². The number of benzene rings is 2. The van der Waals surface area contributed by atoms with Crippen LogP contribution in [0.25, 0.3) is 16.6 Å². The highest BCUT2D eigenvalue weighted by Crippen LogP contribution is 2.30. The van der Waals surface area contributed by atoms with Gasteiger partial charge in [0.2, 0.25) is 0 Å². The molecular formula is C20H14ClF2N5O2. The van der Waals surface area contributed by atoms with E-state index in [2.05, 4.69) is 10.1 Å². The van der Waals surface area contributed by atoms with Crippen molar-refractivity contribution >= 4 is 34.2 Å². The monoisotopic (exact) mass is 429 g/mol. The highest BCUT2D eigenvalue weighted by atomic mass is 35.5. The Labute approximate surface area is 173 Å². The second-order valence-electron chi connectivity index (χ2n) is 6.40. The molecular weight excluding hydrogens is 416 g/mol. The van der Waals surface area contributed by atoms with Gasteiger partial charge in [-0.2, -0.15) is 5.10 Å². The quantitative estimate of drug-likeness (QED) is 0.503. The third-order valence-electron chi connectivity index (χ3n) is 4.42. The van der Waals surface area contributed by atoms with Crippen LogP contribution in [0.1, 0.15) is 15.9 Å². The summed E-state index contributed by atoms with van der Waals surface area (Å²) in [5, 5.41) is 4.44. The van der Waals surface area contributed by atoms with E-state index in [1.807, 2.05) is 0 Å². The molecule has 1 amide bonds. The van der Waals surface area contributed by atoms with Crippen molar-refractivity contribution in [3.8, 4) is 11.4 Å². The van der Waals surface area contributed by atoms with Crippen molar-refractivity contribution in [3.63, 3.8) is 0 Å². The van der Waals surface area contributed by atoms with Gasteiger partial charge >= 0.3 is 0 Å². The molecule has 2 heterocycles. The van der Waals surface area contributed by atoms with Crippen LogP contribution in [-0.2, 0) is 6.61 Å². The smallest absolute Gasteiger partial charge is 0.251 e. The van der Waals surface area contributed by atoms with Crippen molar-refractivity contribution in [1.29, 1.82) is 0 Å². The summed E-state index contributed by atoms with van der Waals surface area (Å²) in [5.74, 6) is -2.06. The van der Waals surface area contributed by atoms with Crippen LogP contribution in [0.15, 0.2) is 48.8 Å². The number of carbonyl (C=O) groups excluding carboxylic acids is 1. The SMILES string of the molecule is NC(=O)c1cc(COc2cc3cc(F)c(Cl)cc3nc2N)c(-n2cccn2)cc1F. The third kappa shape index (κ3) is 3.62. The second-order valence-corrected chi connectivity index (χ2v) is 6.80. The van der Waals surface area contributed by atoms with Crippen molar-refractivity contribution in [3.05, 3.63) is 76.6 Å². The maximum atomic E-state index is 14.3. The van der Waals surface area contributed by atoms with E-state index >= 15 is 0 Å². The van der Waals surface area contributed by atoms with Crippen LogP contribution in [-0.4, -0.2) is 20.7 Å². The maximum Gasteiger partial charge on any atom is 0.251 e. The number of nitrogens with zero attached hydrogens (tertiary/aromatic N) is 3. The molecule has 10 heteroatoms. The van der Waals surface area contributed by atoms with E-state index in [0.717, 1.165) is 6.07 Å². The van der Waals surface area contributed by atoms with E-state index in [1.54, 1.807) is 12.3 Å². The van der Waals surface area contributed by atoms with E-state index in [0.29, 0.717) is 22.2 Å². The van der Waals surface area contributed by atoms with Gasteiger partial charge in [0.05, 0.1) is 21.8 Å². The molecule has 2 aromatic heterocycles. The molecule has 152 valence electrons. The first-order chi connectivity index (χ1) is 14.3. The van der Waals surface area contributed by atoms with Crippen LogP contribution < -0.4 is 16.2 Å². The first kappa shape index (κ1) is 19.6. The number of primary amides is 1. The number of fused-ring (bicyclic) bond motifs is 1. The number of aromatic nitrogens is 3. The lowest BCUT2D eigenvalue weighted by Gasteiger charge is -2.14. The number of hydrogen-bond acceptors (Lipinski definition) is 5. The third-order valence-corrected chi connectivity index (χ3v) is 4.71. The van der Waals surface area contributed by atoms with Gasteiger partial charge in [-0.1, -0.05) is 11.6 Å². The predicted molar refractivity (Wildman–Crippen MR) is 107 cm³/mol. The number of nitrogen functional groups attached to an aromatic ring is 1. The zero-order valence-corrected chi connectivity index (χ0v) is 16.0. The first-order valence-corrected chi connectivity index (χ1v) is 9.01. The number of amides is 1. The number of nitrogens with two attached hydrogens (primary N) is 2. The van der Waals surface area contributed by atoms with Gasteiger partial charge in [-0.3, -0.25) is 4.79 Å². The highest BCUT2D eigenvalue weighted by Gasteiger charge is 2.17. The van der Waals surface area contributed by atoms with Gasteiger partial charge in [0.1, 0.15) is 18.2 Å². The summed E-state index contributed by atoms with van der Waals surface area (Å²) in [4.78, 5) is 15.7. The molecule has 4 N–H and O–H groups in total. The summed E-state index contributed by atoms with van der Waals surface area (Å²) in [6.45, 7) is -0.108. The molecule has 0 saturated carbocycles. The number of hydrogen-bond donors (Lipinski definition) is 2. The molecule has 7 nitrogen and oxygen atoms in total. The summed E-state index contributed by atoms with van der Waals surface area (Å²) in [6.07, 6.45) is 3.14. The predicted octanol–water partition coefficient (Wildman–Crippen LogP) is 3.61. The molecule has 30 heavy (non-hydrogen) atoms. The molecule has 4 aromatic rings. The van der Waals surface area contributed by atoms with Gasteiger partial charge in [0.15, 0.2) is 11.6 Å². The van der Waals surface area contributed by atoms with Crippen LogP contribution >= 0.6 is 11.6 Å². The Bertz CT molecular complexity index is 1280. The average Bonchev–Trinajstić information content (AvgIpc) is 3.22. The molecule has 0 atom stereocenters. The summed E-state index contributed by atoms with van der Waals surface area (Å²) in [5.41, 5.74) is 12.1. The van der Waals surface area contributed by atoms with Gasteiger partial charge in [-0.15, -0.1) is 0 Å². The normalized spacial score (nSPS) is 11.0. The van der Waals surface area contributed by atoms with Crippen molar-refractivity contribution in [1.82, 2.24) is 14.8 Å². The molecule has 2 aromatic carbocycles. The van der Waals surface area contributed by atoms with Crippen molar-refractivity contribution < 1.29 is 18.3 Å². The Morgan fingerprint density at radius 3 is 2.67 bits per heavy atom. The molecule has 4 rings (SSSR count). The summed E-state index contributed by atoms with van der Waals surface area (Å²) < 4.78 is 35.2. The molecule has 0 saturated heterocycles. The van der Waals surface area contributed by atoms with Crippen LogP contribution in [0, 0.1) is 11.6 Å². The average molecular weight is 430 g/mol. The molecule has 0 aliphatic carbocycles. The maximum absolute atomic E-state index is 14.3. The molecule has 0 aliphatic heterocycles. The van der Waals surface area contributed by atoms with Gasteiger partial charge in [0.25, 0.3) is 5.91 Å². The van der Waals surface area contributed by atoms with E-state index < -0.39 is 17.5 Å². The Morgan fingerprint density at radius 2 is 1.97 bits per heavy atom. The molecule has 0 radical (unpaired) electrons. The summed E-state index contributed by atoms with van der Waals surface area (Å²) in [6, 6.07) is 8.19. The van der Waals surface area contributed by atoms with Crippen molar-refractivity contribution in [2.75, 3.05) is 5.73 Å². The van der Waals surface area contributed by atoms with E-state index in [4.69, 9.17) is 27.8 Å². The Morgan fingerprint density at radius 1 is 1.17 bits per heavy atom. The van der Waals surface area contributed by atoms with E-state index in [1.165, 1.54) is 35.1 Å². The minimum atomic E-state index is -0.917. The van der Waals surface area contributed by atoms with Crippen molar-refractivity contribution in [2.45, 2.75) is 6.61 Å². The Balaban J connectivity index is 1.72. The zero-order valence-electron chi connectivity index (χ0n) is 15.3. The van der Waals surface area contributed by atoms with Crippen LogP contribution in [0.2, 0.25) is 5.02 Å². The summed E-state index contributed by atoms with van der Waals surface area (Å²) >= 11 is 5.78. The van der Waals surface area contributed by atoms with Gasteiger partial charge in [0, 0.05) is 29.4 Å². The minimum absolute atomic E-state index is 0.0584. The lowest BCUT2D eigenvalue weighted by atomic mass is 10.1. The number of ether oxygens (including phenoxy) is 1. The lowest BCUT2D eigenvalue weighted by Crippen LogP contribution is -2.16. The molecule has 0 fully saturated rings. The number of halogens is 3. The van der Waals surface area contributed by atoms with Gasteiger partial charge < -0.3 is 16.2 Å². The fraction of sp³-hybridized carbons (Fsp3) is 0.0500. The fourth-order valence-electron chi connectivity index (χ4n) is 2.97. The van der Waals surface area contributed by atoms with Gasteiger partial charge in [-0.05, 0) is 30.3 Å². The molecule has 0 spiro atoms. The Hall–Kier alpha value is -3.72. The van der Waals surface area contributed by atoms with Crippen molar-refractivity contribution in [2.24, 2.45) is 5.73 Å². The number of anilines is 1. The van der Waals surface area contributed by atoms with Crippen LogP contribution in [0.3, 0.4) is 0 Å². The number of pyridine rings is 1.